The highest BCUT2D eigenvalue weighted by atomic mass is 16.6. The minimum atomic E-state index is -0.576. The van der Waals surface area contributed by atoms with E-state index in [-0.39, 0.29) is 29.6 Å². The van der Waals surface area contributed by atoms with Gasteiger partial charge in [0.05, 0.1) is 11.1 Å². The van der Waals surface area contributed by atoms with Crippen molar-refractivity contribution < 1.29 is 19.2 Å². The van der Waals surface area contributed by atoms with Gasteiger partial charge in [-0.25, -0.2) is 4.98 Å². The molecule has 0 aliphatic carbocycles. The Hall–Kier alpha value is -3.56. The second-order valence-corrected chi connectivity index (χ2v) is 5.06. The predicted octanol–water partition coefficient (Wildman–Crippen LogP) is 0.700. The number of aromatic nitrogens is 2. The summed E-state index contributed by atoms with van der Waals surface area (Å²) in [6, 6.07) is 5.82. The normalized spacial score (nSPS) is 10.0. The fourth-order valence-electron chi connectivity index (χ4n) is 1.95. The zero-order chi connectivity index (χ0) is 18.8. The Kier molecular flexibility index (Phi) is 6.98. The van der Waals surface area contributed by atoms with Crippen LogP contribution in [0.25, 0.3) is 0 Å². The number of hydrogen-bond donors (Lipinski definition) is 2. The molecule has 136 valence electrons. The number of carbonyl (C=O) groups excluding carboxylic acids is 2. The van der Waals surface area contributed by atoms with Crippen LogP contribution in [0.3, 0.4) is 0 Å². The maximum absolute atomic E-state index is 11.7. The van der Waals surface area contributed by atoms with Crippen molar-refractivity contribution in [1.29, 1.82) is 0 Å². The van der Waals surface area contributed by atoms with Crippen molar-refractivity contribution in [3.63, 3.8) is 0 Å². The molecule has 1 aromatic heterocycles. The van der Waals surface area contributed by atoms with Crippen LogP contribution in [-0.4, -0.2) is 46.4 Å². The summed E-state index contributed by atoms with van der Waals surface area (Å²) in [5, 5.41) is 16.1. The highest BCUT2D eigenvalue weighted by Crippen LogP contribution is 2.25. The number of amides is 2. The van der Waals surface area contributed by atoms with E-state index in [1.54, 1.807) is 6.07 Å². The lowest BCUT2D eigenvalue weighted by molar-refractivity contribution is -0.385. The SMILES string of the molecule is O=C(COc1ccccc1[N+](=O)[O-])NCCCNC(=O)c1cnccn1. The van der Waals surface area contributed by atoms with Crippen LogP contribution in [0.5, 0.6) is 5.75 Å². The first-order chi connectivity index (χ1) is 12.6. The molecule has 2 aromatic rings. The van der Waals surface area contributed by atoms with E-state index in [9.17, 15) is 19.7 Å². The Morgan fingerprint density at radius 3 is 2.65 bits per heavy atom. The van der Waals surface area contributed by atoms with Crippen molar-refractivity contribution in [2.45, 2.75) is 6.42 Å². The molecule has 1 heterocycles. The van der Waals surface area contributed by atoms with Gasteiger partial charge in [0.15, 0.2) is 12.4 Å². The average molecular weight is 359 g/mol. The van der Waals surface area contributed by atoms with Crippen molar-refractivity contribution in [2.24, 2.45) is 0 Å². The van der Waals surface area contributed by atoms with Gasteiger partial charge in [-0.05, 0) is 12.5 Å². The fraction of sp³-hybridized carbons (Fsp3) is 0.250. The van der Waals surface area contributed by atoms with Crippen LogP contribution in [0.15, 0.2) is 42.9 Å². The molecule has 0 bridgehead atoms. The minimum Gasteiger partial charge on any atom is -0.477 e. The first-order valence-electron chi connectivity index (χ1n) is 7.75. The zero-order valence-corrected chi connectivity index (χ0v) is 13.8. The highest BCUT2D eigenvalue weighted by Gasteiger charge is 2.14. The molecule has 0 aliphatic heterocycles. The van der Waals surface area contributed by atoms with E-state index in [2.05, 4.69) is 20.6 Å². The molecule has 0 aliphatic rings. The summed E-state index contributed by atoms with van der Waals surface area (Å²) < 4.78 is 5.17. The van der Waals surface area contributed by atoms with Gasteiger partial charge >= 0.3 is 5.69 Å². The maximum atomic E-state index is 11.7. The molecule has 0 fully saturated rings. The standard InChI is InChI=1S/C16H17N5O5/c22-15(11-26-14-5-2-1-4-13(14)21(24)25)19-6-3-7-20-16(23)12-10-17-8-9-18-12/h1-2,4-5,8-10H,3,6-7,11H2,(H,19,22)(H,20,23). The maximum Gasteiger partial charge on any atom is 0.310 e. The third kappa shape index (κ3) is 5.82. The lowest BCUT2D eigenvalue weighted by atomic mass is 10.3. The number of nitro benzene ring substituents is 1. The summed E-state index contributed by atoms with van der Waals surface area (Å²) in [6.45, 7) is 0.331. The van der Waals surface area contributed by atoms with Gasteiger partial charge in [-0.1, -0.05) is 12.1 Å². The second-order valence-electron chi connectivity index (χ2n) is 5.06. The van der Waals surface area contributed by atoms with Gasteiger partial charge in [-0.15, -0.1) is 0 Å². The van der Waals surface area contributed by atoms with Gasteiger partial charge in [0, 0.05) is 31.5 Å². The Bertz CT molecular complexity index is 769. The molecule has 0 radical (unpaired) electrons. The van der Waals surface area contributed by atoms with E-state index in [1.165, 1.54) is 36.8 Å². The van der Waals surface area contributed by atoms with E-state index in [0.717, 1.165) is 0 Å². The molecule has 26 heavy (non-hydrogen) atoms. The van der Waals surface area contributed by atoms with E-state index >= 15 is 0 Å². The van der Waals surface area contributed by atoms with Crippen LogP contribution in [0, 0.1) is 10.1 Å². The molecular weight excluding hydrogens is 342 g/mol. The predicted molar refractivity (Wildman–Crippen MR) is 90.6 cm³/mol. The molecule has 10 heteroatoms. The van der Waals surface area contributed by atoms with Crippen LogP contribution in [0.4, 0.5) is 5.69 Å². The smallest absolute Gasteiger partial charge is 0.310 e. The Morgan fingerprint density at radius 1 is 1.15 bits per heavy atom. The number of nitro groups is 1. The second kappa shape index (κ2) is 9.67. The molecule has 0 saturated heterocycles. The average Bonchev–Trinajstić information content (AvgIpc) is 2.66. The highest BCUT2D eigenvalue weighted by molar-refractivity contribution is 5.91. The lowest BCUT2D eigenvalue weighted by Crippen LogP contribution is -2.32. The molecule has 2 amide bonds. The number of nitrogens with one attached hydrogen (secondary N) is 2. The van der Waals surface area contributed by atoms with Crippen molar-refractivity contribution in [3.05, 3.63) is 58.7 Å². The van der Waals surface area contributed by atoms with Gasteiger partial charge in [-0.2, -0.15) is 0 Å². The van der Waals surface area contributed by atoms with Crippen molar-refractivity contribution in [3.8, 4) is 5.75 Å². The van der Waals surface area contributed by atoms with Gasteiger partial charge in [0.1, 0.15) is 5.69 Å². The molecule has 2 rings (SSSR count). The van der Waals surface area contributed by atoms with Crippen LogP contribution >= 0.6 is 0 Å². The third-order valence-corrected chi connectivity index (χ3v) is 3.18. The number of benzene rings is 1. The van der Waals surface area contributed by atoms with Crippen molar-refractivity contribution in [1.82, 2.24) is 20.6 Å². The Balaban J connectivity index is 1.64. The Labute approximate surface area is 148 Å². The molecule has 2 N–H and O–H groups in total. The molecule has 10 nitrogen and oxygen atoms in total. The molecule has 0 saturated carbocycles. The first-order valence-corrected chi connectivity index (χ1v) is 7.75. The lowest BCUT2D eigenvalue weighted by Gasteiger charge is -2.08. The van der Waals surface area contributed by atoms with Gasteiger partial charge in [0.2, 0.25) is 0 Å². The first kappa shape index (κ1) is 18.8. The summed E-state index contributed by atoms with van der Waals surface area (Å²) >= 11 is 0. The zero-order valence-electron chi connectivity index (χ0n) is 13.8. The largest absolute Gasteiger partial charge is 0.477 e. The van der Waals surface area contributed by atoms with Crippen LogP contribution < -0.4 is 15.4 Å². The monoisotopic (exact) mass is 359 g/mol. The molecule has 1 aromatic carbocycles. The number of ether oxygens (including phenoxy) is 1. The van der Waals surface area contributed by atoms with E-state index in [4.69, 9.17) is 4.74 Å². The van der Waals surface area contributed by atoms with Crippen molar-refractivity contribution >= 4 is 17.5 Å². The number of rotatable bonds is 9. The van der Waals surface area contributed by atoms with Crippen LogP contribution in [-0.2, 0) is 4.79 Å². The number of hydrogen-bond acceptors (Lipinski definition) is 7. The Morgan fingerprint density at radius 2 is 1.92 bits per heavy atom. The van der Waals surface area contributed by atoms with E-state index in [1.807, 2.05) is 0 Å². The summed E-state index contributed by atoms with van der Waals surface area (Å²) in [5.74, 6) is -0.726. The third-order valence-electron chi connectivity index (χ3n) is 3.18. The van der Waals surface area contributed by atoms with Gasteiger partial charge in [-0.3, -0.25) is 24.7 Å². The molecule has 0 atom stereocenters. The summed E-state index contributed by atoms with van der Waals surface area (Å²) in [7, 11) is 0. The number of nitrogens with zero attached hydrogens (tertiary/aromatic N) is 3. The van der Waals surface area contributed by atoms with Gasteiger partial charge < -0.3 is 15.4 Å². The minimum absolute atomic E-state index is 0.0314. The van der Waals surface area contributed by atoms with E-state index < -0.39 is 10.8 Å². The number of para-hydroxylation sites is 2. The van der Waals surface area contributed by atoms with E-state index in [0.29, 0.717) is 19.5 Å². The van der Waals surface area contributed by atoms with Crippen LogP contribution in [0.2, 0.25) is 0 Å². The fourth-order valence-corrected chi connectivity index (χ4v) is 1.95. The molecule has 0 spiro atoms. The number of carbonyl (C=O) groups is 2. The van der Waals surface area contributed by atoms with Crippen LogP contribution in [0.1, 0.15) is 16.9 Å². The quantitative estimate of drug-likeness (QED) is 0.382. The summed E-state index contributed by atoms with van der Waals surface area (Å²) in [5.41, 5.74) is 0.0152. The molecular formula is C16H17N5O5. The molecule has 0 unspecified atom stereocenters. The van der Waals surface area contributed by atoms with Gasteiger partial charge in [0.25, 0.3) is 11.8 Å². The van der Waals surface area contributed by atoms with Crippen molar-refractivity contribution in [2.75, 3.05) is 19.7 Å². The summed E-state index contributed by atoms with van der Waals surface area (Å²) in [6.07, 6.45) is 4.76. The topological polar surface area (TPSA) is 136 Å². The summed E-state index contributed by atoms with van der Waals surface area (Å²) in [4.78, 5) is 41.4.